The van der Waals surface area contributed by atoms with Crippen LogP contribution >= 0.6 is 0 Å². The van der Waals surface area contributed by atoms with Gasteiger partial charge in [-0.1, -0.05) is 59.5 Å². The van der Waals surface area contributed by atoms with Crippen molar-refractivity contribution in [2.75, 3.05) is 5.43 Å². The molecule has 0 aliphatic heterocycles. The molecule has 228 valence electrons. The predicted molar refractivity (Wildman–Crippen MR) is 162 cm³/mol. The maximum Gasteiger partial charge on any atom is 0.195 e. The molecule has 1 aromatic rings. The van der Waals surface area contributed by atoms with E-state index in [-0.39, 0.29) is 16.8 Å². The van der Waals surface area contributed by atoms with E-state index in [0.717, 1.165) is 60.5 Å². The molecule has 0 amide bonds. The number of hydrogen-bond acceptors (Lipinski definition) is 6. The van der Waals surface area contributed by atoms with Crippen molar-refractivity contribution in [1.82, 2.24) is 0 Å². The van der Waals surface area contributed by atoms with Gasteiger partial charge in [-0.25, -0.2) is 10.4 Å². The Bertz CT molecular complexity index is 1150. The van der Waals surface area contributed by atoms with Crippen LogP contribution < -0.4 is 15.9 Å². The molecule has 0 bridgehead atoms. The van der Waals surface area contributed by atoms with E-state index in [0.29, 0.717) is 11.1 Å². The molecule has 3 saturated carbocycles. The molecule has 0 heterocycles. The first-order valence-electron chi connectivity index (χ1n) is 16.1. The van der Waals surface area contributed by atoms with Gasteiger partial charge in [-0.2, -0.15) is 15.6 Å². The topological polar surface area (TPSA) is 120 Å². The molecule has 0 radical (unpaired) electrons. The average Bonchev–Trinajstić information content (AvgIpc) is 3.28. The molecule has 8 heteroatoms. The fourth-order valence-electron chi connectivity index (χ4n) is 9.77. The Morgan fingerprint density at radius 3 is 2.46 bits per heavy atom. The lowest BCUT2D eigenvalue weighted by Gasteiger charge is -2.58. The van der Waals surface area contributed by atoms with Crippen molar-refractivity contribution in [2.24, 2.45) is 51.4 Å². The van der Waals surface area contributed by atoms with Crippen LogP contribution in [-0.2, 0) is 0 Å². The monoisotopic (exact) mass is 568 g/mol. The predicted octanol–water partition coefficient (Wildman–Crippen LogP) is 6.30. The summed E-state index contributed by atoms with van der Waals surface area (Å²) in [5.41, 5.74) is 6.30. The van der Waals surface area contributed by atoms with Crippen LogP contribution in [0.5, 0.6) is 0 Å². The number of nitrogens with one attached hydrogen (secondary N) is 3. The van der Waals surface area contributed by atoms with E-state index in [4.69, 9.17) is 0 Å². The van der Waals surface area contributed by atoms with Gasteiger partial charge < -0.3 is 10.4 Å². The van der Waals surface area contributed by atoms with Crippen LogP contribution in [0.15, 0.2) is 34.9 Å². The van der Waals surface area contributed by atoms with Crippen LogP contribution in [0, 0.1) is 56.8 Å². The van der Waals surface area contributed by atoms with E-state index in [1.54, 1.807) is 0 Å². The summed E-state index contributed by atoms with van der Waals surface area (Å²) in [6, 6.07) is 4.08. The average molecular weight is 569 g/mol. The van der Waals surface area contributed by atoms with Gasteiger partial charge in [0.2, 0.25) is 0 Å². The molecule has 4 aliphatic carbocycles. The zero-order valence-corrected chi connectivity index (χ0v) is 25.7. The molecule has 4 aliphatic rings. The van der Waals surface area contributed by atoms with Crippen molar-refractivity contribution >= 4 is 22.8 Å². The minimum absolute atomic E-state index is 0.0503. The molecule has 1 aromatic carbocycles. The number of quaternary nitrogens is 2. The number of fused-ring (bicyclic) bond motifs is 5. The van der Waals surface area contributed by atoms with Gasteiger partial charge >= 0.3 is 0 Å². The number of rotatable bonds is 9. The largest absolute Gasteiger partial charge is 0.595 e. The van der Waals surface area contributed by atoms with Gasteiger partial charge in [-0.05, 0) is 110 Å². The summed E-state index contributed by atoms with van der Waals surface area (Å²) >= 11 is 0. The summed E-state index contributed by atoms with van der Waals surface area (Å²) in [7, 11) is 0. The molecule has 9 unspecified atom stereocenters. The third-order valence-corrected chi connectivity index (χ3v) is 12.0. The first-order chi connectivity index (χ1) is 19.4. The maximum atomic E-state index is 11.7. The third kappa shape index (κ3) is 5.89. The fraction of sp³-hybridized carbons (Fsp3) is 0.727. The molecular weight excluding hydrogens is 516 g/mol. The maximum absolute atomic E-state index is 11.7. The summed E-state index contributed by atoms with van der Waals surface area (Å²) < 4.78 is 0. The van der Waals surface area contributed by atoms with Crippen molar-refractivity contribution in [1.29, 1.82) is 0 Å². The molecule has 5 N–H and O–H groups in total. The van der Waals surface area contributed by atoms with Crippen molar-refractivity contribution in [2.45, 2.75) is 105 Å². The number of hydrogen-bond donors (Lipinski definition) is 5. The first-order valence-corrected chi connectivity index (χ1v) is 16.1. The Labute approximate surface area is 245 Å². The minimum atomic E-state index is -1.17. The Morgan fingerprint density at radius 1 is 0.976 bits per heavy atom. The van der Waals surface area contributed by atoms with E-state index in [1.165, 1.54) is 75.1 Å². The normalized spacial score (nSPS) is 36.2. The summed E-state index contributed by atoms with van der Waals surface area (Å²) in [6.07, 6.45) is 16.3. The van der Waals surface area contributed by atoms with E-state index < -0.39 is 10.5 Å². The number of nitrogens with zero attached hydrogens (tertiary/aromatic N) is 1. The highest BCUT2D eigenvalue weighted by atomic mass is 16.8. The molecule has 41 heavy (non-hydrogen) atoms. The Morgan fingerprint density at radius 2 is 1.76 bits per heavy atom. The lowest BCUT2D eigenvalue weighted by atomic mass is 9.46. The molecular formula is C33H52N4O4. The van der Waals surface area contributed by atoms with Gasteiger partial charge in [-0.3, -0.25) is 5.43 Å². The van der Waals surface area contributed by atoms with Gasteiger partial charge in [0.1, 0.15) is 5.69 Å². The second-order valence-electron chi connectivity index (χ2n) is 14.6. The SMILES string of the molecule is CC(C)CCCC(C)C1CCC2C3CCC4=CC(=NNc5ccc([NH+]([O-])O)cc5[NH+]([O-])O)CCC4(C)C3CCC12C. The second kappa shape index (κ2) is 12.1. The number of hydrazone groups is 1. The quantitative estimate of drug-likeness (QED) is 0.224. The number of benzene rings is 1. The van der Waals surface area contributed by atoms with Crippen molar-refractivity contribution < 1.29 is 20.9 Å². The molecule has 9 atom stereocenters. The zero-order valence-electron chi connectivity index (χ0n) is 25.7. The standard InChI is InChI=1S/C33H52N4O4/c1-21(2)7-6-8-22(3)27-12-13-28-26-11-9-23-19-24(15-17-32(23,4)29(26)16-18-33(27,28)5)34-35-30-14-10-25(36(38)39)20-31(30)37(40)41/h10,14,19-22,26-29,35-38,40H,6-9,11-13,15-18H2,1-5H3. The number of allylic oxidation sites excluding steroid dienone is 2. The summed E-state index contributed by atoms with van der Waals surface area (Å²) in [5.74, 6) is 4.94. The summed E-state index contributed by atoms with van der Waals surface area (Å²) in [6.45, 7) is 12.4. The lowest BCUT2D eigenvalue weighted by molar-refractivity contribution is -0.996. The molecule has 8 nitrogen and oxygen atoms in total. The highest BCUT2D eigenvalue weighted by Crippen LogP contribution is 2.67. The molecule has 0 saturated heterocycles. The Hall–Kier alpha value is -1.81. The van der Waals surface area contributed by atoms with Gasteiger partial charge in [0.25, 0.3) is 0 Å². The highest BCUT2D eigenvalue weighted by Gasteiger charge is 2.59. The highest BCUT2D eigenvalue weighted by molar-refractivity contribution is 5.97. The zero-order chi connectivity index (χ0) is 29.5. The van der Waals surface area contributed by atoms with Crippen molar-refractivity contribution in [3.05, 3.63) is 40.3 Å². The summed E-state index contributed by atoms with van der Waals surface area (Å²) in [5, 5.41) is 44.2. The van der Waals surface area contributed by atoms with E-state index in [1.807, 2.05) is 0 Å². The number of anilines is 1. The van der Waals surface area contributed by atoms with Crippen LogP contribution in [0.1, 0.15) is 105 Å². The van der Waals surface area contributed by atoms with Crippen LogP contribution in [-0.4, -0.2) is 16.1 Å². The molecule has 0 spiro atoms. The third-order valence-electron chi connectivity index (χ3n) is 12.0. The van der Waals surface area contributed by atoms with Crippen LogP contribution in [0.2, 0.25) is 0 Å². The van der Waals surface area contributed by atoms with Gasteiger partial charge in [0.15, 0.2) is 11.4 Å². The minimum Gasteiger partial charge on any atom is -0.595 e. The second-order valence-corrected chi connectivity index (χ2v) is 14.6. The Kier molecular flexibility index (Phi) is 9.01. The fourth-order valence-corrected chi connectivity index (χ4v) is 9.77. The van der Waals surface area contributed by atoms with Crippen LogP contribution in [0.3, 0.4) is 0 Å². The van der Waals surface area contributed by atoms with E-state index in [9.17, 15) is 20.8 Å². The van der Waals surface area contributed by atoms with E-state index in [2.05, 4.69) is 51.2 Å². The van der Waals surface area contributed by atoms with Crippen molar-refractivity contribution in [3.63, 3.8) is 0 Å². The molecule has 3 fully saturated rings. The molecule has 0 aromatic heterocycles. The summed E-state index contributed by atoms with van der Waals surface area (Å²) in [4.78, 5) is 0. The van der Waals surface area contributed by atoms with Gasteiger partial charge in [-0.15, -0.1) is 0 Å². The van der Waals surface area contributed by atoms with Crippen LogP contribution in [0.25, 0.3) is 0 Å². The van der Waals surface area contributed by atoms with Crippen molar-refractivity contribution in [3.8, 4) is 0 Å². The Balaban J connectivity index is 1.28. The van der Waals surface area contributed by atoms with Gasteiger partial charge in [0.05, 0.1) is 11.8 Å². The smallest absolute Gasteiger partial charge is 0.195 e. The lowest BCUT2D eigenvalue weighted by Crippen LogP contribution is -3.00. The van der Waals surface area contributed by atoms with E-state index >= 15 is 0 Å². The molecule has 5 rings (SSSR count). The first kappa shape index (κ1) is 30.6. The van der Waals surface area contributed by atoms with Crippen LogP contribution in [0.4, 0.5) is 17.1 Å². The van der Waals surface area contributed by atoms with Gasteiger partial charge in [0, 0.05) is 6.07 Å².